The van der Waals surface area contributed by atoms with Gasteiger partial charge in [0, 0.05) is 0 Å². The molecule has 1 fully saturated rings. The third kappa shape index (κ3) is 9.56. The van der Waals surface area contributed by atoms with Crippen molar-refractivity contribution in [3.8, 4) is 0 Å². The highest BCUT2D eigenvalue weighted by Gasteiger charge is 2.49. The molecule has 4 aromatic carbocycles. The van der Waals surface area contributed by atoms with Crippen LogP contribution in [0.2, 0.25) is 0 Å². The van der Waals surface area contributed by atoms with E-state index in [-0.39, 0.29) is 19.8 Å². The minimum atomic E-state index is -1.11. The molecule has 1 heterocycles. The highest BCUT2D eigenvalue weighted by atomic mass is 16.7. The topological polar surface area (TPSA) is 92.7 Å². The van der Waals surface area contributed by atoms with Crippen LogP contribution in [-0.4, -0.2) is 55.0 Å². The Balaban J connectivity index is 1.42. The van der Waals surface area contributed by atoms with Crippen LogP contribution in [0.15, 0.2) is 121 Å². The highest BCUT2D eigenvalue weighted by molar-refractivity contribution is 5.68. The number of hydrogen-bond donors (Lipinski definition) is 1. The Labute approximate surface area is 258 Å². The van der Waals surface area contributed by atoms with Gasteiger partial charge >= 0.3 is 5.97 Å². The molecule has 1 unspecified atom stereocenters. The van der Waals surface area contributed by atoms with Crippen LogP contribution in [0.5, 0.6) is 0 Å². The first kappa shape index (κ1) is 31.5. The number of carboxylic acids is 1. The van der Waals surface area contributed by atoms with Gasteiger partial charge in [-0.25, -0.2) is 4.79 Å². The summed E-state index contributed by atoms with van der Waals surface area (Å²) >= 11 is 0. The molecule has 0 saturated carbocycles. The van der Waals surface area contributed by atoms with Crippen molar-refractivity contribution in [1.82, 2.24) is 0 Å². The Morgan fingerprint density at radius 1 is 0.545 bits per heavy atom. The van der Waals surface area contributed by atoms with Crippen molar-refractivity contribution in [1.29, 1.82) is 0 Å². The van der Waals surface area contributed by atoms with Gasteiger partial charge in [0.2, 0.25) is 0 Å². The van der Waals surface area contributed by atoms with E-state index in [0.717, 1.165) is 22.3 Å². The van der Waals surface area contributed by atoms with Crippen LogP contribution in [0.25, 0.3) is 0 Å². The molecule has 1 saturated heterocycles. The number of ether oxygens (including phenoxy) is 6. The molecule has 0 radical (unpaired) electrons. The van der Waals surface area contributed by atoms with Crippen LogP contribution < -0.4 is 0 Å². The third-order valence-corrected chi connectivity index (χ3v) is 7.21. The van der Waals surface area contributed by atoms with Crippen molar-refractivity contribution in [2.75, 3.05) is 13.2 Å². The van der Waals surface area contributed by atoms with Gasteiger partial charge in [-0.1, -0.05) is 121 Å². The molecule has 0 amide bonds. The lowest BCUT2D eigenvalue weighted by atomic mass is 9.97. The molecule has 8 heteroatoms. The molecule has 0 aromatic heterocycles. The summed E-state index contributed by atoms with van der Waals surface area (Å²) < 4.78 is 37.9. The van der Waals surface area contributed by atoms with Crippen LogP contribution >= 0.6 is 0 Å². The summed E-state index contributed by atoms with van der Waals surface area (Å²) in [4.78, 5) is 11.6. The zero-order valence-electron chi connectivity index (χ0n) is 24.5. The quantitative estimate of drug-likeness (QED) is 0.173. The zero-order valence-corrected chi connectivity index (χ0v) is 24.5. The third-order valence-electron chi connectivity index (χ3n) is 7.21. The Kier molecular flexibility index (Phi) is 12.1. The lowest BCUT2D eigenvalue weighted by Crippen LogP contribution is -2.62. The van der Waals surface area contributed by atoms with Crippen molar-refractivity contribution in [3.63, 3.8) is 0 Å². The second-order valence-corrected chi connectivity index (χ2v) is 10.5. The first-order chi connectivity index (χ1) is 21.7. The first-order valence-corrected chi connectivity index (χ1v) is 14.7. The summed E-state index contributed by atoms with van der Waals surface area (Å²) in [6, 6.07) is 39.3. The van der Waals surface area contributed by atoms with Gasteiger partial charge in [-0.2, -0.15) is 0 Å². The van der Waals surface area contributed by atoms with E-state index in [1.807, 2.05) is 121 Å². The molecule has 4 aromatic rings. The fourth-order valence-corrected chi connectivity index (χ4v) is 5.03. The van der Waals surface area contributed by atoms with Crippen LogP contribution in [0.4, 0.5) is 0 Å². The molecule has 230 valence electrons. The van der Waals surface area contributed by atoms with Gasteiger partial charge in [0.15, 0.2) is 6.29 Å². The van der Waals surface area contributed by atoms with Crippen LogP contribution in [0, 0.1) is 0 Å². The molecular formula is C36H38O8. The normalized spacial score (nSPS) is 21.6. The van der Waals surface area contributed by atoms with E-state index in [9.17, 15) is 9.90 Å². The Morgan fingerprint density at radius 3 is 1.41 bits per heavy atom. The van der Waals surface area contributed by atoms with E-state index in [2.05, 4.69) is 0 Å². The van der Waals surface area contributed by atoms with Gasteiger partial charge in [-0.15, -0.1) is 0 Å². The molecular weight excluding hydrogens is 560 g/mol. The van der Waals surface area contributed by atoms with E-state index < -0.39 is 43.3 Å². The molecule has 1 N–H and O–H groups in total. The van der Waals surface area contributed by atoms with Crippen LogP contribution in [0.3, 0.4) is 0 Å². The van der Waals surface area contributed by atoms with Gasteiger partial charge in [-0.05, 0) is 22.3 Å². The predicted molar refractivity (Wildman–Crippen MR) is 163 cm³/mol. The first-order valence-electron chi connectivity index (χ1n) is 14.7. The van der Waals surface area contributed by atoms with Gasteiger partial charge < -0.3 is 33.5 Å². The van der Waals surface area contributed by atoms with E-state index in [4.69, 9.17) is 28.4 Å². The minimum absolute atomic E-state index is 0.165. The SMILES string of the molecule is O=C(O)COC1O[C@H](COCc2ccccc2)[C@H](OCc2ccccc2)[C@H](OCc2ccccc2)[C@H]1OCc1ccccc1. The Bertz CT molecular complexity index is 1370. The standard InChI is InChI=1S/C36H38O8/c37-32(38)26-43-36-35(42-24-30-19-11-4-12-20-30)34(41-23-29-17-9-3-10-18-29)33(40-22-28-15-7-2-8-16-28)31(44-36)25-39-21-27-13-5-1-6-14-27/h1-20,31,33-36H,21-26H2,(H,37,38)/t31-,33+,34+,35-,36?/m1/s1. The predicted octanol–water partition coefficient (Wildman–Crippen LogP) is 5.79. The monoisotopic (exact) mass is 598 g/mol. The lowest BCUT2D eigenvalue weighted by molar-refractivity contribution is -0.327. The van der Waals surface area contributed by atoms with Crippen molar-refractivity contribution in [3.05, 3.63) is 144 Å². The van der Waals surface area contributed by atoms with Crippen molar-refractivity contribution in [2.45, 2.75) is 57.1 Å². The second kappa shape index (κ2) is 16.8. The minimum Gasteiger partial charge on any atom is -0.480 e. The van der Waals surface area contributed by atoms with Gasteiger partial charge in [0.05, 0.1) is 33.0 Å². The van der Waals surface area contributed by atoms with E-state index in [1.54, 1.807) is 0 Å². The maximum atomic E-state index is 11.6. The molecule has 1 aliphatic rings. The highest BCUT2D eigenvalue weighted by Crippen LogP contribution is 2.31. The van der Waals surface area contributed by atoms with Gasteiger partial charge in [0.25, 0.3) is 0 Å². The van der Waals surface area contributed by atoms with Crippen LogP contribution in [-0.2, 0) is 59.6 Å². The lowest BCUT2D eigenvalue weighted by Gasteiger charge is -2.45. The summed E-state index contributed by atoms with van der Waals surface area (Å²) in [5.74, 6) is -1.11. The molecule has 0 spiro atoms. The Morgan fingerprint density at radius 2 is 0.955 bits per heavy atom. The fourth-order valence-electron chi connectivity index (χ4n) is 5.03. The number of carboxylic acid groups (broad SMARTS) is 1. The number of hydrogen-bond acceptors (Lipinski definition) is 7. The van der Waals surface area contributed by atoms with E-state index in [1.165, 1.54) is 0 Å². The Hall–Kier alpha value is -3.89. The van der Waals surface area contributed by atoms with Crippen molar-refractivity contribution < 1.29 is 38.3 Å². The van der Waals surface area contributed by atoms with Crippen molar-refractivity contribution >= 4 is 5.97 Å². The molecule has 0 bridgehead atoms. The van der Waals surface area contributed by atoms with Crippen LogP contribution in [0.1, 0.15) is 22.3 Å². The van der Waals surface area contributed by atoms with E-state index in [0.29, 0.717) is 13.2 Å². The fraction of sp³-hybridized carbons (Fsp3) is 0.306. The smallest absolute Gasteiger partial charge is 0.329 e. The summed E-state index contributed by atoms with van der Waals surface area (Å²) in [6.45, 7) is 0.808. The van der Waals surface area contributed by atoms with E-state index >= 15 is 0 Å². The number of benzene rings is 4. The summed E-state index contributed by atoms with van der Waals surface area (Å²) in [6.07, 6.45) is -3.79. The molecule has 1 aliphatic heterocycles. The summed E-state index contributed by atoms with van der Waals surface area (Å²) in [7, 11) is 0. The molecule has 44 heavy (non-hydrogen) atoms. The average Bonchev–Trinajstić information content (AvgIpc) is 3.07. The molecule has 8 nitrogen and oxygen atoms in total. The number of carbonyl (C=O) groups is 1. The van der Waals surface area contributed by atoms with Gasteiger partial charge in [-0.3, -0.25) is 0 Å². The molecule has 5 rings (SSSR count). The second-order valence-electron chi connectivity index (χ2n) is 10.5. The average molecular weight is 599 g/mol. The number of rotatable bonds is 16. The number of aliphatic carboxylic acids is 1. The zero-order chi connectivity index (χ0) is 30.4. The molecule has 5 atom stereocenters. The van der Waals surface area contributed by atoms with Gasteiger partial charge in [0.1, 0.15) is 31.0 Å². The largest absolute Gasteiger partial charge is 0.480 e. The maximum Gasteiger partial charge on any atom is 0.329 e. The molecule has 0 aliphatic carbocycles. The summed E-state index contributed by atoms with van der Waals surface area (Å²) in [5.41, 5.74) is 3.93. The maximum absolute atomic E-state index is 11.6. The van der Waals surface area contributed by atoms with Crippen molar-refractivity contribution in [2.24, 2.45) is 0 Å². The summed E-state index contributed by atoms with van der Waals surface area (Å²) in [5, 5.41) is 9.45.